The van der Waals surface area contributed by atoms with Gasteiger partial charge in [0, 0.05) is 40.2 Å². The molecule has 0 saturated carbocycles. The summed E-state index contributed by atoms with van der Waals surface area (Å²) in [5.41, 5.74) is 0. The van der Waals surface area contributed by atoms with Crippen LogP contribution in [-0.2, 0) is 23.7 Å². The average Bonchev–Trinajstić information content (AvgIpc) is 2.72. The first kappa shape index (κ1) is 15.0. The van der Waals surface area contributed by atoms with Crippen LogP contribution in [-0.4, -0.2) is 59.3 Å². The normalized spacial score (nSPS) is 12.2. The van der Waals surface area contributed by atoms with Crippen molar-refractivity contribution in [1.29, 1.82) is 0 Å². The number of aliphatic hydroxyl groups excluding tert-OH is 1. The molecule has 2 N–H and O–H groups in total. The molecule has 0 saturated heterocycles. The molecule has 9 heteroatoms. The lowest BCUT2D eigenvalue weighted by molar-refractivity contribution is 0.275. The van der Waals surface area contributed by atoms with Crippen molar-refractivity contribution < 1.29 is 13.5 Å². The molecule has 0 fully saturated rings. The van der Waals surface area contributed by atoms with Crippen LogP contribution in [0.5, 0.6) is 0 Å². The molecule has 1 aromatic rings. The van der Waals surface area contributed by atoms with Gasteiger partial charge in [0.1, 0.15) is 12.2 Å². The van der Waals surface area contributed by atoms with E-state index in [0.717, 1.165) is 5.82 Å². The lowest BCUT2D eigenvalue weighted by atomic mass is 10.4. The van der Waals surface area contributed by atoms with Crippen molar-refractivity contribution >= 4 is 10.2 Å². The Morgan fingerprint density at radius 1 is 1.56 bits per heavy atom. The second-order valence-electron chi connectivity index (χ2n) is 3.91. The van der Waals surface area contributed by atoms with Crippen LogP contribution in [0.15, 0.2) is 6.33 Å². The van der Waals surface area contributed by atoms with Crippen LogP contribution in [0.1, 0.15) is 12.2 Å². The average molecular weight is 277 g/mol. The fourth-order valence-electron chi connectivity index (χ4n) is 1.35. The lowest BCUT2D eigenvalue weighted by Crippen LogP contribution is -2.39. The van der Waals surface area contributed by atoms with Gasteiger partial charge in [-0.1, -0.05) is 0 Å². The molecule has 1 aromatic heterocycles. The van der Waals surface area contributed by atoms with Crippen LogP contribution in [0, 0.1) is 0 Å². The summed E-state index contributed by atoms with van der Waals surface area (Å²) < 4.78 is 28.9. The van der Waals surface area contributed by atoms with E-state index < -0.39 is 10.2 Å². The minimum atomic E-state index is -3.48. The summed E-state index contributed by atoms with van der Waals surface area (Å²) in [6.07, 6.45) is 2.46. The third-order valence-electron chi connectivity index (χ3n) is 2.48. The van der Waals surface area contributed by atoms with Gasteiger partial charge in [-0.15, -0.1) is 10.2 Å². The van der Waals surface area contributed by atoms with Crippen molar-refractivity contribution in [1.82, 2.24) is 23.8 Å². The predicted molar refractivity (Wildman–Crippen MR) is 66.0 cm³/mol. The van der Waals surface area contributed by atoms with Gasteiger partial charge in [-0.3, -0.25) is 0 Å². The Bertz CT molecular complexity index is 459. The van der Waals surface area contributed by atoms with E-state index in [0.29, 0.717) is 12.8 Å². The lowest BCUT2D eigenvalue weighted by Gasteiger charge is -2.16. The highest BCUT2D eigenvalue weighted by Gasteiger charge is 2.16. The zero-order valence-corrected chi connectivity index (χ0v) is 11.4. The standard InChI is InChI=1S/C9H19N5O3S/c1-13-8-10-12-9(13)4-5-11-18(16,17)14(2)6-3-7-15/h8,11,15H,3-7H2,1-2H3. The molecule has 104 valence electrons. The molecule has 0 bridgehead atoms. The number of nitrogens with zero attached hydrogens (tertiary/aromatic N) is 4. The van der Waals surface area contributed by atoms with Gasteiger partial charge < -0.3 is 9.67 Å². The highest BCUT2D eigenvalue weighted by Crippen LogP contribution is 1.97. The first-order valence-corrected chi connectivity index (χ1v) is 7.06. The third kappa shape index (κ3) is 4.33. The molecule has 1 heterocycles. The molecule has 1 rings (SSSR count). The Kier molecular flexibility index (Phi) is 5.66. The fraction of sp³-hybridized carbons (Fsp3) is 0.778. The van der Waals surface area contributed by atoms with Crippen LogP contribution < -0.4 is 4.72 Å². The zero-order valence-electron chi connectivity index (χ0n) is 10.6. The first-order chi connectivity index (χ1) is 8.47. The Morgan fingerprint density at radius 3 is 2.83 bits per heavy atom. The van der Waals surface area contributed by atoms with E-state index in [1.54, 1.807) is 17.9 Å². The van der Waals surface area contributed by atoms with Crippen molar-refractivity contribution in [2.45, 2.75) is 12.8 Å². The maximum atomic E-state index is 11.7. The molecule has 18 heavy (non-hydrogen) atoms. The van der Waals surface area contributed by atoms with Gasteiger partial charge in [0.05, 0.1) is 0 Å². The van der Waals surface area contributed by atoms with Gasteiger partial charge in [0.15, 0.2) is 0 Å². The van der Waals surface area contributed by atoms with E-state index in [9.17, 15) is 8.42 Å². The molecule has 0 unspecified atom stereocenters. The second-order valence-corrected chi connectivity index (χ2v) is 5.77. The monoisotopic (exact) mass is 277 g/mol. The zero-order chi connectivity index (χ0) is 13.6. The summed E-state index contributed by atoms with van der Waals surface area (Å²) in [6.45, 7) is 0.521. The summed E-state index contributed by atoms with van der Waals surface area (Å²) in [7, 11) is -0.208. The highest BCUT2D eigenvalue weighted by atomic mass is 32.2. The summed E-state index contributed by atoms with van der Waals surface area (Å²) >= 11 is 0. The molecular formula is C9H19N5O3S. The maximum absolute atomic E-state index is 11.7. The van der Waals surface area contributed by atoms with E-state index in [4.69, 9.17) is 5.11 Å². The Morgan fingerprint density at radius 2 is 2.28 bits per heavy atom. The van der Waals surface area contributed by atoms with Crippen LogP contribution in [0.25, 0.3) is 0 Å². The molecule has 0 spiro atoms. The van der Waals surface area contributed by atoms with Crippen molar-refractivity contribution in [3.8, 4) is 0 Å². The van der Waals surface area contributed by atoms with Gasteiger partial charge in [-0.05, 0) is 6.42 Å². The number of hydrogen-bond donors (Lipinski definition) is 2. The van der Waals surface area contributed by atoms with Crippen LogP contribution in [0.4, 0.5) is 0 Å². The second kappa shape index (κ2) is 6.78. The van der Waals surface area contributed by atoms with Gasteiger partial charge in [-0.2, -0.15) is 12.7 Å². The molecular weight excluding hydrogens is 258 g/mol. The van der Waals surface area contributed by atoms with Crippen molar-refractivity contribution in [3.05, 3.63) is 12.2 Å². The Balaban J connectivity index is 2.40. The number of nitrogens with one attached hydrogen (secondary N) is 1. The summed E-state index contributed by atoms with van der Waals surface area (Å²) in [4.78, 5) is 0. The molecule has 8 nitrogen and oxygen atoms in total. The Labute approximate surface area is 107 Å². The van der Waals surface area contributed by atoms with Crippen molar-refractivity contribution in [3.63, 3.8) is 0 Å². The number of aromatic nitrogens is 3. The summed E-state index contributed by atoms with van der Waals surface area (Å²) in [5, 5.41) is 16.2. The first-order valence-electron chi connectivity index (χ1n) is 5.62. The van der Waals surface area contributed by atoms with E-state index in [1.165, 1.54) is 11.4 Å². The number of aliphatic hydroxyl groups is 1. The van der Waals surface area contributed by atoms with Gasteiger partial charge in [0.25, 0.3) is 10.2 Å². The van der Waals surface area contributed by atoms with Crippen LogP contribution >= 0.6 is 0 Å². The van der Waals surface area contributed by atoms with Gasteiger partial charge in [-0.25, -0.2) is 4.72 Å². The summed E-state index contributed by atoms with van der Waals surface area (Å²) in [6, 6.07) is 0. The number of hydrogen-bond acceptors (Lipinski definition) is 5. The largest absolute Gasteiger partial charge is 0.396 e. The predicted octanol–water partition coefficient (Wildman–Crippen LogP) is -1.49. The molecule has 0 amide bonds. The molecule has 0 atom stereocenters. The third-order valence-corrected chi connectivity index (χ3v) is 4.05. The molecule has 0 radical (unpaired) electrons. The summed E-state index contributed by atoms with van der Waals surface area (Å²) in [5.74, 6) is 0.718. The van der Waals surface area contributed by atoms with E-state index in [-0.39, 0.29) is 19.7 Å². The quantitative estimate of drug-likeness (QED) is 0.603. The minimum absolute atomic E-state index is 0.0290. The van der Waals surface area contributed by atoms with E-state index in [2.05, 4.69) is 14.9 Å². The van der Waals surface area contributed by atoms with E-state index in [1.807, 2.05) is 0 Å². The topological polar surface area (TPSA) is 100 Å². The van der Waals surface area contributed by atoms with Crippen molar-refractivity contribution in [2.24, 2.45) is 7.05 Å². The molecule has 0 aliphatic carbocycles. The SMILES string of the molecule is CN(CCCO)S(=O)(=O)NCCc1nncn1C. The molecule has 0 aromatic carbocycles. The minimum Gasteiger partial charge on any atom is -0.396 e. The fourth-order valence-corrected chi connectivity index (χ4v) is 2.30. The van der Waals surface area contributed by atoms with Crippen molar-refractivity contribution in [2.75, 3.05) is 26.7 Å². The van der Waals surface area contributed by atoms with Crippen LogP contribution in [0.3, 0.4) is 0 Å². The molecule has 0 aliphatic heterocycles. The van der Waals surface area contributed by atoms with Gasteiger partial charge in [0.2, 0.25) is 0 Å². The van der Waals surface area contributed by atoms with Crippen LogP contribution in [0.2, 0.25) is 0 Å². The smallest absolute Gasteiger partial charge is 0.279 e. The van der Waals surface area contributed by atoms with E-state index >= 15 is 0 Å². The van der Waals surface area contributed by atoms with Gasteiger partial charge >= 0.3 is 0 Å². The number of aryl methyl sites for hydroxylation is 1. The highest BCUT2D eigenvalue weighted by molar-refractivity contribution is 7.87. The molecule has 0 aliphatic rings. The Hall–Kier alpha value is -1.03. The maximum Gasteiger partial charge on any atom is 0.279 e. The number of rotatable bonds is 8.